The molecule has 20 heavy (non-hydrogen) atoms. The number of hydrogen-bond donors (Lipinski definition) is 0. The van der Waals surface area contributed by atoms with Crippen LogP contribution in [0.25, 0.3) is 0 Å². The summed E-state index contributed by atoms with van der Waals surface area (Å²) in [5.41, 5.74) is 2.00. The van der Waals surface area contributed by atoms with E-state index >= 15 is 0 Å². The molecule has 0 N–H and O–H groups in total. The number of para-hydroxylation sites is 1. The second-order valence-electron chi connectivity index (χ2n) is 6.61. The lowest BCUT2D eigenvalue weighted by atomic mass is 9.88. The minimum absolute atomic E-state index is 0.250. The van der Waals surface area contributed by atoms with Crippen LogP contribution in [0.4, 0.5) is 5.69 Å². The van der Waals surface area contributed by atoms with Gasteiger partial charge in [0.2, 0.25) is 0 Å². The summed E-state index contributed by atoms with van der Waals surface area (Å²) in [4.78, 5) is 14.4. The summed E-state index contributed by atoms with van der Waals surface area (Å²) >= 11 is 0. The van der Waals surface area contributed by atoms with Crippen LogP contribution in [-0.4, -0.2) is 19.4 Å². The highest BCUT2D eigenvalue weighted by Gasteiger charge is 2.39. The number of benzene rings is 1. The molecule has 2 aliphatic rings. The molecule has 3 rings (SSSR count). The van der Waals surface area contributed by atoms with Crippen LogP contribution in [0.2, 0.25) is 0 Å². The van der Waals surface area contributed by atoms with Crippen molar-refractivity contribution in [2.45, 2.75) is 39.0 Å². The van der Waals surface area contributed by atoms with E-state index < -0.39 is 0 Å². The number of carbonyl (C=O) groups is 1. The zero-order chi connectivity index (χ0) is 14.1. The number of hydrogen-bond acceptors (Lipinski definition) is 2. The predicted octanol–water partition coefficient (Wildman–Crippen LogP) is 4.15. The van der Waals surface area contributed by atoms with Gasteiger partial charge in [-0.3, -0.25) is 4.79 Å². The first-order valence-electron chi connectivity index (χ1n) is 8.02. The lowest BCUT2D eigenvalue weighted by molar-refractivity contribution is 0.0988. The summed E-state index contributed by atoms with van der Waals surface area (Å²) in [5.74, 6) is 3.02. The molecule has 0 radical (unpaired) electrons. The van der Waals surface area contributed by atoms with E-state index in [-0.39, 0.29) is 5.78 Å². The van der Waals surface area contributed by atoms with E-state index in [1.54, 1.807) is 0 Å². The van der Waals surface area contributed by atoms with Gasteiger partial charge >= 0.3 is 0 Å². The van der Waals surface area contributed by atoms with E-state index in [4.69, 9.17) is 0 Å². The average molecular weight is 271 g/mol. The maximum absolute atomic E-state index is 12.1. The van der Waals surface area contributed by atoms with Gasteiger partial charge in [-0.25, -0.2) is 0 Å². The number of ketones is 1. The van der Waals surface area contributed by atoms with E-state index in [0.29, 0.717) is 6.42 Å². The van der Waals surface area contributed by atoms with E-state index in [9.17, 15) is 4.79 Å². The molecule has 2 saturated carbocycles. The van der Waals surface area contributed by atoms with Crippen LogP contribution in [0.3, 0.4) is 0 Å². The van der Waals surface area contributed by atoms with Crippen molar-refractivity contribution < 1.29 is 4.79 Å². The molecular formula is C18H25NO. The van der Waals surface area contributed by atoms with Gasteiger partial charge in [0.15, 0.2) is 5.78 Å². The van der Waals surface area contributed by atoms with Crippen molar-refractivity contribution in [1.29, 1.82) is 0 Å². The Bertz CT molecular complexity index is 496. The summed E-state index contributed by atoms with van der Waals surface area (Å²) in [7, 11) is 2.15. The first-order valence-corrected chi connectivity index (χ1v) is 8.02. The van der Waals surface area contributed by atoms with E-state index in [0.717, 1.165) is 35.5 Å². The summed E-state index contributed by atoms with van der Waals surface area (Å²) in [6.07, 6.45) is 6.32. The molecule has 0 saturated heterocycles. The highest BCUT2D eigenvalue weighted by molar-refractivity contribution is 6.01. The first kappa shape index (κ1) is 13.7. The van der Waals surface area contributed by atoms with Crippen LogP contribution in [0.1, 0.15) is 49.4 Å². The third-order valence-electron chi connectivity index (χ3n) is 5.33. The molecule has 2 aliphatic carbocycles. The molecule has 0 amide bonds. The van der Waals surface area contributed by atoms with E-state index in [1.807, 2.05) is 25.1 Å². The third-order valence-corrected chi connectivity index (χ3v) is 5.33. The Labute approximate surface area is 122 Å². The molecule has 0 aromatic heterocycles. The monoisotopic (exact) mass is 271 g/mol. The van der Waals surface area contributed by atoms with Crippen molar-refractivity contribution >= 4 is 11.5 Å². The van der Waals surface area contributed by atoms with Crippen molar-refractivity contribution in [3.8, 4) is 0 Å². The Morgan fingerprint density at radius 3 is 2.70 bits per heavy atom. The fraction of sp³-hybridized carbons (Fsp3) is 0.611. The Kier molecular flexibility index (Phi) is 3.82. The number of rotatable bonds is 5. The number of fused-ring (bicyclic) bond motifs is 2. The lowest BCUT2D eigenvalue weighted by Gasteiger charge is -2.29. The lowest BCUT2D eigenvalue weighted by Crippen LogP contribution is -2.29. The van der Waals surface area contributed by atoms with Gasteiger partial charge in [0.05, 0.1) is 0 Å². The normalized spacial score (nSPS) is 27.8. The molecule has 1 aromatic carbocycles. The van der Waals surface area contributed by atoms with Crippen LogP contribution in [0, 0.1) is 17.8 Å². The zero-order valence-electron chi connectivity index (χ0n) is 12.6. The molecule has 0 spiro atoms. The van der Waals surface area contributed by atoms with Gasteiger partial charge in [0.1, 0.15) is 0 Å². The maximum atomic E-state index is 12.1. The van der Waals surface area contributed by atoms with Crippen molar-refractivity contribution in [2.24, 2.45) is 17.8 Å². The van der Waals surface area contributed by atoms with Crippen LogP contribution in [0.15, 0.2) is 24.3 Å². The van der Waals surface area contributed by atoms with Gasteiger partial charge in [0, 0.05) is 31.3 Å². The van der Waals surface area contributed by atoms with Crippen molar-refractivity contribution in [3.05, 3.63) is 29.8 Å². The first-order chi connectivity index (χ1) is 9.69. The van der Waals surface area contributed by atoms with Crippen molar-refractivity contribution in [1.82, 2.24) is 0 Å². The number of nitrogens with zero attached hydrogens (tertiary/aromatic N) is 1. The number of Topliss-reactive ketones (excluding diaryl/α,β-unsaturated/α-hetero) is 1. The van der Waals surface area contributed by atoms with Gasteiger partial charge in [-0.15, -0.1) is 0 Å². The smallest absolute Gasteiger partial charge is 0.164 e. The van der Waals surface area contributed by atoms with Crippen LogP contribution in [0.5, 0.6) is 0 Å². The zero-order valence-corrected chi connectivity index (χ0v) is 12.6. The predicted molar refractivity (Wildman–Crippen MR) is 83.3 cm³/mol. The van der Waals surface area contributed by atoms with Crippen molar-refractivity contribution in [2.75, 3.05) is 18.5 Å². The summed E-state index contributed by atoms with van der Waals surface area (Å²) in [5, 5.41) is 0. The molecule has 2 bridgehead atoms. The standard InChI is InChI=1S/C18H25NO/c1-3-18(20)16-6-4-5-7-17(16)19(2)12-15-11-13-8-9-14(15)10-13/h4-7,13-15H,3,8-12H2,1-2H3. The number of anilines is 1. The third kappa shape index (κ3) is 2.48. The fourth-order valence-electron chi connectivity index (χ4n) is 4.28. The fourth-order valence-corrected chi connectivity index (χ4v) is 4.28. The number of carbonyl (C=O) groups excluding carboxylic acids is 1. The molecule has 3 unspecified atom stereocenters. The second kappa shape index (κ2) is 5.59. The highest BCUT2D eigenvalue weighted by Crippen LogP contribution is 2.48. The molecular weight excluding hydrogens is 246 g/mol. The minimum Gasteiger partial charge on any atom is -0.374 e. The molecule has 1 aromatic rings. The van der Waals surface area contributed by atoms with Gasteiger partial charge in [0.25, 0.3) is 0 Å². The average Bonchev–Trinajstić information content (AvgIpc) is 3.09. The molecule has 108 valence electrons. The molecule has 3 atom stereocenters. The summed E-state index contributed by atoms with van der Waals surface area (Å²) in [6, 6.07) is 8.07. The van der Waals surface area contributed by atoms with E-state index in [2.05, 4.69) is 18.0 Å². The Morgan fingerprint density at radius 2 is 2.05 bits per heavy atom. The quantitative estimate of drug-likeness (QED) is 0.750. The van der Waals surface area contributed by atoms with Crippen LogP contribution < -0.4 is 4.90 Å². The maximum Gasteiger partial charge on any atom is 0.164 e. The molecule has 0 aliphatic heterocycles. The Hall–Kier alpha value is -1.31. The largest absolute Gasteiger partial charge is 0.374 e. The molecule has 2 fully saturated rings. The van der Waals surface area contributed by atoms with Crippen molar-refractivity contribution in [3.63, 3.8) is 0 Å². The van der Waals surface area contributed by atoms with Gasteiger partial charge in [-0.1, -0.05) is 25.5 Å². The van der Waals surface area contributed by atoms with Crippen LogP contribution >= 0.6 is 0 Å². The second-order valence-corrected chi connectivity index (χ2v) is 6.61. The molecule has 2 heteroatoms. The Morgan fingerprint density at radius 1 is 1.25 bits per heavy atom. The molecule has 0 heterocycles. The van der Waals surface area contributed by atoms with Crippen LogP contribution in [-0.2, 0) is 0 Å². The highest BCUT2D eigenvalue weighted by atomic mass is 16.1. The summed E-state index contributed by atoms with van der Waals surface area (Å²) in [6.45, 7) is 3.05. The Balaban J connectivity index is 1.74. The molecule has 2 nitrogen and oxygen atoms in total. The van der Waals surface area contributed by atoms with Gasteiger partial charge in [-0.05, 0) is 49.1 Å². The van der Waals surface area contributed by atoms with Gasteiger partial charge in [-0.2, -0.15) is 0 Å². The minimum atomic E-state index is 0.250. The van der Waals surface area contributed by atoms with Gasteiger partial charge < -0.3 is 4.90 Å². The topological polar surface area (TPSA) is 20.3 Å². The van der Waals surface area contributed by atoms with E-state index in [1.165, 1.54) is 25.7 Å². The SMILES string of the molecule is CCC(=O)c1ccccc1N(C)CC1CC2CCC1C2. The summed E-state index contributed by atoms with van der Waals surface area (Å²) < 4.78 is 0.